The average Bonchev–Trinajstić information content (AvgIpc) is 2.28. The van der Waals surface area contributed by atoms with Crippen molar-refractivity contribution in [1.82, 2.24) is 5.32 Å². The van der Waals surface area contributed by atoms with Gasteiger partial charge in [-0.1, -0.05) is 26.2 Å². The fourth-order valence-corrected chi connectivity index (χ4v) is 2.75. The molecular formula is C14H25NO3. The lowest BCUT2D eigenvalue weighted by Gasteiger charge is -2.28. The minimum Gasteiger partial charge on any atom is -0.481 e. The number of carboxylic acid groups (broad SMARTS) is 1. The lowest BCUT2D eigenvalue weighted by atomic mass is 9.84. The largest absolute Gasteiger partial charge is 0.481 e. The van der Waals surface area contributed by atoms with E-state index in [1.165, 1.54) is 32.1 Å². The molecule has 18 heavy (non-hydrogen) atoms. The van der Waals surface area contributed by atoms with Crippen LogP contribution in [0.2, 0.25) is 0 Å². The van der Waals surface area contributed by atoms with Crippen LogP contribution < -0.4 is 5.32 Å². The Balaban J connectivity index is 2.27. The molecule has 0 aromatic heterocycles. The van der Waals surface area contributed by atoms with Crippen molar-refractivity contribution < 1.29 is 14.7 Å². The number of hydrogen-bond acceptors (Lipinski definition) is 2. The van der Waals surface area contributed by atoms with Gasteiger partial charge in [0.25, 0.3) is 0 Å². The topological polar surface area (TPSA) is 66.4 Å². The van der Waals surface area contributed by atoms with Gasteiger partial charge in [-0.2, -0.15) is 0 Å². The Hall–Kier alpha value is -1.06. The van der Waals surface area contributed by atoms with Crippen molar-refractivity contribution in [1.29, 1.82) is 0 Å². The van der Waals surface area contributed by atoms with Crippen molar-refractivity contribution in [2.24, 2.45) is 11.8 Å². The Morgan fingerprint density at radius 2 is 1.78 bits per heavy atom. The lowest BCUT2D eigenvalue weighted by Crippen LogP contribution is -2.39. The van der Waals surface area contributed by atoms with Crippen molar-refractivity contribution in [3.63, 3.8) is 0 Å². The Morgan fingerprint density at radius 3 is 2.33 bits per heavy atom. The Labute approximate surface area is 109 Å². The maximum Gasteiger partial charge on any atom is 0.303 e. The normalized spacial score (nSPS) is 20.1. The van der Waals surface area contributed by atoms with E-state index in [0.717, 1.165) is 0 Å². The summed E-state index contributed by atoms with van der Waals surface area (Å²) in [7, 11) is 0. The molecule has 0 saturated heterocycles. The smallest absolute Gasteiger partial charge is 0.303 e. The standard InChI is InChI=1S/C14H25NO3/c1-10(9-14(17)18)8-13(16)15-11(2)12-6-4-3-5-7-12/h10-12H,3-9H2,1-2H3,(H,15,16)(H,17,18)/t10?,11-/m0/s1. The molecular weight excluding hydrogens is 230 g/mol. The van der Waals surface area contributed by atoms with Gasteiger partial charge in [-0.25, -0.2) is 0 Å². The van der Waals surface area contributed by atoms with Gasteiger partial charge in [0.2, 0.25) is 5.91 Å². The second kappa shape index (κ2) is 7.39. The minimum atomic E-state index is -0.837. The summed E-state index contributed by atoms with van der Waals surface area (Å²) in [4.78, 5) is 22.3. The first-order chi connectivity index (χ1) is 8.49. The fraction of sp³-hybridized carbons (Fsp3) is 0.857. The number of nitrogens with one attached hydrogen (secondary N) is 1. The number of carbonyl (C=O) groups excluding carboxylic acids is 1. The van der Waals surface area contributed by atoms with Crippen LogP contribution in [0.15, 0.2) is 0 Å². The number of aliphatic carboxylic acids is 1. The van der Waals surface area contributed by atoms with Crippen molar-refractivity contribution >= 4 is 11.9 Å². The van der Waals surface area contributed by atoms with E-state index in [4.69, 9.17) is 5.11 Å². The minimum absolute atomic E-state index is 0.0122. The van der Waals surface area contributed by atoms with Crippen LogP contribution >= 0.6 is 0 Å². The quantitative estimate of drug-likeness (QED) is 0.766. The van der Waals surface area contributed by atoms with Gasteiger partial charge in [0.1, 0.15) is 0 Å². The highest BCUT2D eigenvalue weighted by Gasteiger charge is 2.22. The summed E-state index contributed by atoms with van der Waals surface area (Å²) in [5.41, 5.74) is 0. The molecule has 2 atom stereocenters. The zero-order valence-electron chi connectivity index (χ0n) is 11.4. The van der Waals surface area contributed by atoms with Gasteiger partial charge in [0.15, 0.2) is 0 Å². The Bertz CT molecular complexity index is 285. The lowest BCUT2D eigenvalue weighted by molar-refractivity contribution is -0.138. The molecule has 1 aliphatic carbocycles. The molecule has 0 radical (unpaired) electrons. The molecule has 4 nitrogen and oxygen atoms in total. The van der Waals surface area contributed by atoms with Crippen LogP contribution in [0, 0.1) is 11.8 Å². The molecule has 0 spiro atoms. The van der Waals surface area contributed by atoms with Gasteiger partial charge < -0.3 is 10.4 Å². The molecule has 0 heterocycles. The van der Waals surface area contributed by atoms with E-state index < -0.39 is 5.97 Å². The molecule has 1 fully saturated rings. The third-order valence-corrected chi connectivity index (χ3v) is 3.80. The van der Waals surface area contributed by atoms with Crippen LogP contribution in [-0.4, -0.2) is 23.0 Å². The molecule has 4 heteroatoms. The van der Waals surface area contributed by atoms with Gasteiger partial charge in [-0.15, -0.1) is 0 Å². The first-order valence-electron chi connectivity index (χ1n) is 7.00. The zero-order chi connectivity index (χ0) is 13.5. The van der Waals surface area contributed by atoms with Crippen LogP contribution in [0.5, 0.6) is 0 Å². The molecule has 104 valence electrons. The average molecular weight is 255 g/mol. The maximum absolute atomic E-state index is 11.8. The summed E-state index contributed by atoms with van der Waals surface area (Å²) in [6.07, 6.45) is 6.61. The first kappa shape index (κ1) is 15.0. The highest BCUT2D eigenvalue weighted by Crippen LogP contribution is 2.26. The summed E-state index contributed by atoms with van der Waals surface area (Å²) in [6, 6.07) is 0.217. The highest BCUT2D eigenvalue weighted by molar-refractivity contribution is 5.77. The van der Waals surface area contributed by atoms with E-state index in [-0.39, 0.29) is 24.3 Å². The number of carbonyl (C=O) groups is 2. The molecule has 0 bridgehead atoms. The summed E-state index contributed by atoms with van der Waals surface area (Å²) in [5, 5.41) is 11.7. The van der Waals surface area contributed by atoms with Gasteiger partial charge in [-0.3, -0.25) is 9.59 Å². The molecule has 0 aromatic carbocycles. The maximum atomic E-state index is 11.8. The van der Waals surface area contributed by atoms with Crippen molar-refractivity contribution in [3.05, 3.63) is 0 Å². The van der Waals surface area contributed by atoms with Gasteiger partial charge >= 0.3 is 5.97 Å². The van der Waals surface area contributed by atoms with Gasteiger partial charge in [-0.05, 0) is 31.6 Å². The molecule has 1 saturated carbocycles. The Kier molecular flexibility index (Phi) is 6.16. The molecule has 2 N–H and O–H groups in total. The molecule has 1 rings (SSSR count). The zero-order valence-corrected chi connectivity index (χ0v) is 11.4. The number of amides is 1. The van der Waals surface area contributed by atoms with Crippen LogP contribution in [-0.2, 0) is 9.59 Å². The molecule has 0 aromatic rings. The second-order valence-corrected chi connectivity index (χ2v) is 5.66. The number of rotatable bonds is 6. The molecule has 1 unspecified atom stereocenters. The van der Waals surface area contributed by atoms with Crippen molar-refractivity contribution in [2.75, 3.05) is 0 Å². The molecule has 0 aliphatic heterocycles. The molecule has 1 aliphatic rings. The van der Waals surface area contributed by atoms with E-state index in [1.54, 1.807) is 6.92 Å². The van der Waals surface area contributed by atoms with E-state index in [0.29, 0.717) is 12.3 Å². The van der Waals surface area contributed by atoms with E-state index in [1.807, 2.05) is 0 Å². The second-order valence-electron chi connectivity index (χ2n) is 5.66. The van der Waals surface area contributed by atoms with Crippen LogP contribution in [0.4, 0.5) is 0 Å². The predicted octanol–water partition coefficient (Wildman–Crippen LogP) is 2.57. The third kappa shape index (κ3) is 5.52. The van der Waals surface area contributed by atoms with Crippen LogP contribution in [0.25, 0.3) is 0 Å². The van der Waals surface area contributed by atoms with E-state index in [9.17, 15) is 9.59 Å². The Morgan fingerprint density at radius 1 is 1.17 bits per heavy atom. The van der Waals surface area contributed by atoms with Crippen LogP contribution in [0.3, 0.4) is 0 Å². The predicted molar refractivity (Wildman–Crippen MR) is 70.2 cm³/mol. The highest BCUT2D eigenvalue weighted by atomic mass is 16.4. The SMILES string of the molecule is CC(CC(=O)O)CC(=O)N[C@@H](C)C1CCCCC1. The van der Waals surface area contributed by atoms with Crippen molar-refractivity contribution in [2.45, 2.75) is 64.8 Å². The summed E-state index contributed by atoms with van der Waals surface area (Å²) < 4.78 is 0. The van der Waals surface area contributed by atoms with Gasteiger partial charge in [0, 0.05) is 18.9 Å². The fourth-order valence-electron chi connectivity index (χ4n) is 2.75. The third-order valence-electron chi connectivity index (χ3n) is 3.80. The summed E-state index contributed by atoms with van der Waals surface area (Å²) >= 11 is 0. The van der Waals surface area contributed by atoms with E-state index >= 15 is 0 Å². The monoisotopic (exact) mass is 255 g/mol. The van der Waals surface area contributed by atoms with Crippen molar-refractivity contribution in [3.8, 4) is 0 Å². The van der Waals surface area contributed by atoms with Crippen LogP contribution in [0.1, 0.15) is 58.8 Å². The summed E-state index contributed by atoms with van der Waals surface area (Å²) in [6.45, 7) is 3.87. The summed E-state index contributed by atoms with van der Waals surface area (Å²) in [5.74, 6) is -0.351. The first-order valence-corrected chi connectivity index (χ1v) is 7.00. The van der Waals surface area contributed by atoms with Gasteiger partial charge in [0.05, 0.1) is 0 Å². The molecule has 1 amide bonds. The number of hydrogen-bond donors (Lipinski definition) is 2. The number of carboxylic acids is 1. The van der Waals surface area contributed by atoms with E-state index in [2.05, 4.69) is 12.2 Å².